The molecule has 180 valence electrons. The number of nitrogens with one attached hydrogen (secondary N) is 2. The summed E-state index contributed by atoms with van der Waals surface area (Å²) in [7, 11) is -3.87. The van der Waals surface area contributed by atoms with E-state index in [0.29, 0.717) is 17.5 Å². The number of anilines is 2. The number of amides is 2. The quantitative estimate of drug-likeness (QED) is 0.531. The Morgan fingerprint density at radius 1 is 1.24 bits per heavy atom. The molecule has 13 heteroatoms. The van der Waals surface area contributed by atoms with Crippen molar-refractivity contribution in [1.82, 2.24) is 10.3 Å². The molecular formula is C21H21Cl2N5O5S. The molecule has 1 saturated carbocycles. The maximum atomic E-state index is 13.3. The topological polar surface area (TPSA) is 130 Å². The van der Waals surface area contributed by atoms with E-state index in [1.165, 1.54) is 23.3 Å². The summed E-state index contributed by atoms with van der Waals surface area (Å²) in [5.74, 6) is -0.506. The molecule has 4 rings (SSSR count). The van der Waals surface area contributed by atoms with Gasteiger partial charge in [-0.05, 0) is 49.1 Å². The van der Waals surface area contributed by atoms with Crippen LogP contribution in [0.1, 0.15) is 29.6 Å². The molecule has 1 aliphatic carbocycles. The molecule has 2 amide bonds. The molecule has 1 fully saturated rings. The van der Waals surface area contributed by atoms with E-state index in [1.54, 1.807) is 18.2 Å². The predicted octanol–water partition coefficient (Wildman–Crippen LogP) is 3.04. The lowest BCUT2D eigenvalue weighted by Gasteiger charge is -2.22. The number of hydrazone groups is 1. The third-order valence-corrected chi connectivity index (χ3v) is 6.15. The highest BCUT2D eigenvalue weighted by atomic mass is 35.5. The Morgan fingerprint density at radius 2 is 2.00 bits per heavy atom. The smallest absolute Gasteiger partial charge is 0.307 e. The van der Waals surface area contributed by atoms with Gasteiger partial charge in [0.1, 0.15) is 6.04 Å². The van der Waals surface area contributed by atoms with Crippen molar-refractivity contribution in [2.24, 2.45) is 11.0 Å². The second kappa shape index (κ2) is 9.77. The molecule has 1 atom stereocenters. The van der Waals surface area contributed by atoms with E-state index in [4.69, 9.17) is 27.4 Å². The molecule has 0 spiro atoms. The largest absolute Gasteiger partial charge is 0.365 e. The van der Waals surface area contributed by atoms with Gasteiger partial charge >= 0.3 is 10.1 Å². The number of hydrogen-bond donors (Lipinski definition) is 2. The highest BCUT2D eigenvalue weighted by Crippen LogP contribution is 2.31. The van der Waals surface area contributed by atoms with E-state index in [1.807, 2.05) is 0 Å². The van der Waals surface area contributed by atoms with Gasteiger partial charge in [-0.1, -0.05) is 23.2 Å². The fourth-order valence-electron chi connectivity index (χ4n) is 3.34. The number of hydrogen-bond acceptors (Lipinski definition) is 8. The van der Waals surface area contributed by atoms with E-state index in [0.717, 1.165) is 19.1 Å². The highest BCUT2D eigenvalue weighted by molar-refractivity contribution is 7.86. The lowest BCUT2D eigenvalue weighted by Crippen LogP contribution is -2.39. The molecule has 0 radical (unpaired) electrons. The Morgan fingerprint density at radius 3 is 2.68 bits per heavy atom. The summed E-state index contributed by atoms with van der Waals surface area (Å²) in [6.45, 7) is 0.549. The summed E-state index contributed by atoms with van der Waals surface area (Å²) in [5, 5.41) is 11.4. The van der Waals surface area contributed by atoms with Crippen LogP contribution in [0.3, 0.4) is 0 Å². The molecule has 0 bridgehead atoms. The molecule has 1 aliphatic heterocycles. The maximum Gasteiger partial charge on any atom is 0.307 e. The first-order chi connectivity index (χ1) is 16.1. The number of carbonyl (C=O) groups excluding carboxylic acids is 2. The van der Waals surface area contributed by atoms with Gasteiger partial charge in [0, 0.05) is 17.8 Å². The molecule has 2 aromatic rings. The van der Waals surface area contributed by atoms with Gasteiger partial charge in [-0.3, -0.25) is 9.59 Å². The Kier molecular flexibility index (Phi) is 6.96. The third-order valence-electron chi connectivity index (χ3n) is 5.12. The maximum absolute atomic E-state index is 13.3. The van der Waals surface area contributed by atoms with Gasteiger partial charge < -0.3 is 14.8 Å². The van der Waals surface area contributed by atoms with Crippen LogP contribution in [0, 0.1) is 5.92 Å². The average Bonchev–Trinajstić information content (AvgIpc) is 3.51. The molecule has 34 heavy (non-hydrogen) atoms. The minimum Gasteiger partial charge on any atom is -0.365 e. The van der Waals surface area contributed by atoms with Crippen molar-refractivity contribution >= 4 is 62.5 Å². The number of rotatable bonds is 7. The van der Waals surface area contributed by atoms with E-state index >= 15 is 0 Å². The van der Waals surface area contributed by atoms with Crippen molar-refractivity contribution in [2.75, 3.05) is 23.1 Å². The number of pyridine rings is 1. The van der Waals surface area contributed by atoms with Crippen molar-refractivity contribution in [1.29, 1.82) is 0 Å². The lowest BCUT2D eigenvalue weighted by molar-refractivity contribution is -0.117. The summed E-state index contributed by atoms with van der Waals surface area (Å²) in [6.07, 6.45) is 4.32. The molecule has 1 aromatic heterocycles. The molecule has 10 nitrogen and oxygen atoms in total. The van der Waals surface area contributed by atoms with Crippen LogP contribution in [0.4, 0.5) is 11.5 Å². The Balaban J connectivity index is 1.59. The van der Waals surface area contributed by atoms with Gasteiger partial charge in [0.15, 0.2) is 5.82 Å². The fourth-order valence-corrected chi connectivity index (χ4v) is 4.17. The van der Waals surface area contributed by atoms with Gasteiger partial charge in [-0.2, -0.15) is 8.42 Å². The first-order valence-corrected chi connectivity index (χ1v) is 12.9. The van der Waals surface area contributed by atoms with Crippen molar-refractivity contribution in [3.05, 3.63) is 52.1 Å². The van der Waals surface area contributed by atoms with Crippen molar-refractivity contribution in [3.8, 4) is 0 Å². The van der Waals surface area contributed by atoms with Crippen molar-refractivity contribution < 1.29 is 22.2 Å². The number of halogens is 2. The van der Waals surface area contributed by atoms with Crippen LogP contribution in [0.15, 0.2) is 41.6 Å². The SMILES string of the molecule is CS(=O)(=O)OC1=NN(c2ncccc2Cl)C(C(=O)Nc2ccc(Cl)cc2C(=O)NCC2CC2)C1. The minimum atomic E-state index is -3.87. The van der Waals surface area contributed by atoms with Crippen molar-refractivity contribution in [2.45, 2.75) is 25.3 Å². The first-order valence-electron chi connectivity index (χ1n) is 10.4. The Bertz CT molecular complexity index is 1270. The number of benzene rings is 1. The van der Waals surface area contributed by atoms with Gasteiger partial charge in [-0.25, -0.2) is 9.99 Å². The molecule has 1 unspecified atom stereocenters. The molecule has 2 heterocycles. The summed E-state index contributed by atoms with van der Waals surface area (Å²) in [5.41, 5.74) is 0.447. The van der Waals surface area contributed by atoms with Crippen LogP contribution in [-0.2, 0) is 19.1 Å². The summed E-state index contributed by atoms with van der Waals surface area (Å²) >= 11 is 12.3. The van der Waals surface area contributed by atoms with Gasteiger partial charge in [-0.15, -0.1) is 5.10 Å². The first kappa shape index (κ1) is 24.2. The summed E-state index contributed by atoms with van der Waals surface area (Å²) in [4.78, 5) is 30.2. The van der Waals surface area contributed by atoms with Crippen LogP contribution in [0.5, 0.6) is 0 Å². The number of nitrogens with zero attached hydrogens (tertiary/aromatic N) is 3. The molecule has 0 saturated heterocycles. The molecular weight excluding hydrogens is 505 g/mol. The summed E-state index contributed by atoms with van der Waals surface area (Å²) in [6, 6.07) is 6.66. The lowest BCUT2D eigenvalue weighted by atomic mass is 10.1. The highest BCUT2D eigenvalue weighted by Gasteiger charge is 2.38. The number of aromatic nitrogens is 1. The van der Waals surface area contributed by atoms with E-state index in [-0.39, 0.29) is 40.3 Å². The van der Waals surface area contributed by atoms with Gasteiger partial charge in [0.25, 0.3) is 5.91 Å². The third kappa shape index (κ3) is 5.96. The summed E-state index contributed by atoms with van der Waals surface area (Å²) < 4.78 is 28.1. The standard InChI is InChI=1S/C21H21Cl2N5O5S/c1-34(31,32)33-18-10-17(28(27-18)19-15(23)3-2-8-24-19)21(30)26-16-7-6-13(22)9-14(16)20(29)25-11-12-4-5-12/h2-3,6-9,12,17H,4-5,10-11H2,1H3,(H,25,29)(H,26,30). The zero-order chi connectivity index (χ0) is 24.5. The number of carbonyl (C=O) groups is 2. The van der Waals surface area contributed by atoms with Crippen LogP contribution in [0.25, 0.3) is 0 Å². The fraction of sp³-hybridized carbons (Fsp3) is 0.333. The van der Waals surface area contributed by atoms with Gasteiger partial charge in [0.05, 0.1) is 29.0 Å². The van der Waals surface area contributed by atoms with Crippen LogP contribution in [-0.4, -0.2) is 50.0 Å². The minimum absolute atomic E-state index is 0.148. The molecule has 2 aliphatic rings. The van der Waals surface area contributed by atoms with Crippen LogP contribution in [0.2, 0.25) is 10.0 Å². The normalized spacial score (nSPS) is 17.8. The predicted molar refractivity (Wildman–Crippen MR) is 129 cm³/mol. The molecule has 1 aromatic carbocycles. The van der Waals surface area contributed by atoms with E-state index < -0.39 is 22.1 Å². The van der Waals surface area contributed by atoms with Crippen LogP contribution >= 0.6 is 23.2 Å². The van der Waals surface area contributed by atoms with E-state index in [2.05, 4.69) is 20.7 Å². The second-order valence-electron chi connectivity index (χ2n) is 7.99. The average molecular weight is 526 g/mol. The zero-order valence-corrected chi connectivity index (χ0v) is 20.3. The Hall–Kier alpha value is -2.89. The van der Waals surface area contributed by atoms with Crippen LogP contribution < -0.4 is 15.6 Å². The van der Waals surface area contributed by atoms with Crippen molar-refractivity contribution in [3.63, 3.8) is 0 Å². The monoisotopic (exact) mass is 525 g/mol. The van der Waals surface area contributed by atoms with E-state index in [9.17, 15) is 18.0 Å². The second-order valence-corrected chi connectivity index (χ2v) is 10.4. The molecule has 2 N–H and O–H groups in total. The Labute approximate surface area is 206 Å². The zero-order valence-electron chi connectivity index (χ0n) is 18.0. The van der Waals surface area contributed by atoms with Gasteiger partial charge in [0.2, 0.25) is 11.8 Å².